The van der Waals surface area contributed by atoms with E-state index in [9.17, 15) is 4.79 Å². The summed E-state index contributed by atoms with van der Waals surface area (Å²) in [5.74, 6) is -0.479. The molecule has 0 aliphatic carbocycles. The minimum atomic E-state index is -0.798. The Labute approximate surface area is 142 Å². The molecule has 1 aliphatic rings. The van der Waals surface area contributed by atoms with Crippen LogP contribution in [0.1, 0.15) is 20.8 Å². The summed E-state index contributed by atoms with van der Waals surface area (Å²) in [4.78, 5) is 12.5. The lowest BCUT2D eigenvalue weighted by atomic mass is 9.92. The molecule has 0 saturated carbocycles. The molecule has 0 N–H and O–H groups in total. The van der Waals surface area contributed by atoms with Gasteiger partial charge in [-0.3, -0.25) is 4.79 Å². The van der Waals surface area contributed by atoms with Crippen LogP contribution < -0.4 is 4.74 Å². The Morgan fingerprint density at radius 3 is 2.00 bits per heavy atom. The first-order valence-electron chi connectivity index (χ1n) is 8.04. The minimum absolute atomic E-state index is 0.279. The van der Waals surface area contributed by atoms with Crippen LogP contribution in [0.4, 0.5) is 0 Å². The Balaban J connectivity index is 1.67. The fourth-order valence-electron chi connectivity index (χ4n) is 2.44. The predicted molar refractivity (Wildman–Crippen MR) is 91.6 cm³/mol. The van der Waals surface area contributed by atoms with Gasteiger partial charge in [-0.25, -0.2) is 0 Å². The van der Waals surface area contributed by atoms with Crippen molar-refractivity contribution in [3.8, 4) is 16.9 Å². The van der Waals surface area contributed by atoms with E-state index in [1.165, 1.54) is 0 Å². The number of benzene rings is 2. The van der Waals surface area contributed by atoms with E-state index in [1.807, 2.05) is 56.3 Å². The molecule has 1 fully saturated rings. The number of esters is 1. The Morgan fingerprint density at radius 1 is 0.875 bits per heavy atom. The molecule has 4 nitrogen and oxygen atoms in total. The third-order valence-corrected chi connectivity index (χ3v) is 4.14. The summed E-state index contributed by atoms with van der Waals surface area (Å²) in [5, 5.41) is 0. The Bertz CT molecular complexity index is 694. The number of hydrogen-bond donors (Lipinski definition) is 0. The van der Waals surface area contributed by atoms with Crippen LogP contribution in [0.25, 0.3) is 11.1 Å². The molecule has 0 spiro atoms. The molecular weight excluding hydrogens is 304 g/mol. The van der Waals surface area contributed by atoms with E-state index in [1.54, 1.807) is 19.1 Å². The molecule has 0 atom stereocenters. The van der Waals surface area contributed by atoms with Crippen molar-refractivity contribution < 1.29 is 19.0 Å². The molecule has 0 amide bonds. The fraction of sp³-hybridized carbons (Fsp3) is 0.350. The molecule has 0 aromatic heterocycles. The SMILES string of the molecule is CC1(C)OCC(C)(C(=O)Oc2ccc(-c3ccccc3)cc2)CO1. The van der Waals surface area contributed by atoms with Crippen molar-refractivity contribution in [2.75, 3.05) is 13.2 Å². The van der Waals surface area contributed by atoms with Gasteiger partial charge in [-0.05, 0) is 44.0 Å². The highest BCUT2D eigenvalue weighted by Gasteiger charge is 2.43. The van der Waals surface area contributed by atoms with Gasteiger partial charge in [0.2, 0.25) is 0 Å². The van der Waals surface area contributed by atoms with Gasteiger partial charge >= 0.3 is 5.97 Å². The molecule has 4 heteroatoms. The maximum Gasteiger partial charge on any atom is 0.321 e. The smallest absolute Gasteiger partial charge is 0.321 e. The van der Waals surface area contributed by atoms with Gasteiger partial charge in [0.25, 0.3) is 0 Å². The van der Waals surface area contributed by atoms with E-state index in [-0.39, 0.29) is 19.2 Å². The van der Waals surface area contributed by atoms with Crippen LogP contribution in [0.2, 0.25) is 0 Å². The highest BCUT2D eigenvalue weighted by atomic mass is 16.7. The number of carbonyl (C=O) groups excluding carboxylic acids is 1. The largest absolute Gasteiger partial charge is 0.426 e. The van der Waals surface area contributed by atoms with E-state index in [0.717, 1.165) is 11.1 Å². The molecule has 126 valence electrons. The van der Waals surface area contributed by atoms with Gasteiger partial charge in [-0.15, -0.1) is 0 Å². The van der Waals surface area contributed by atoms with Crippen LogP contribution in [-0.4, -0.2) is 25.0 Å². The first-order chi connectivity index (χ1) is 11.4. The van der Waals surface area contributed by atoms with Crippen molar-refractivity contribution in [1.82, 2.24) is 0 Å². The second kappa shape index (κ2) is 6.38. The zero-order valence-electron chi connectivity index (χ0n) is 14.2. The van der Waals surface area contributed by atoms with Crippen molar-refractivity contribution in [1.29, 1.82) is 0 Å². The molecule has 24 heavy (non-hydrogen) atoms. The normalized spacial score (nSPS) is 18.8. The lowest BCUT2D eigenvalue weighted by Gasteiger charge is -2.39. The molecule has 1 saturated heterocycles. The summed E-state index contributed by atoms with van der Waals surface area (Å²) in [5.41, 5.74) is 1.40. The summed E-state index contributed by atoms with van der Waals surface area (Å²) in [6.45, 7) is 6.02. The monoisotopic (exact) mass is 326 g/mol. The number of hydrogen-bond acceptors (Lipinski definition) is 4. The van der Waals surface area contributed by atoms with Gasteiger partial charge in [-0.1, -0.05) is 42.5 Å². The number of rotatable bonds is 3. The standard InChI is InChI=1S/C20H22O4/c1-19(2)22-13-20(3,14-23-19)18(21)24-17-11-9-16(10-12-17)15-7-5-4-6-8-15/h4-12H,13-14H2,1-3H3. The summed E-state index contributed by atoms with van der Waals surface area (Å²) in [6.07, 6.45) is 0. The quantitative estimate of drug-likeness (QED) is 0.630. The zero-order chi connectivity index (χ0) is 17.2. The van der Waals surface area contributed by atoms with Crippen molar-refractivity contribution in [3.05, 3.63) is 54.6 Å². The van der Waals surface area contributed by atoms with Crippen LogP contribution in [0.15, 0.2) is 54.6 Å². The summed E-state index contributed by atoms with van der Waals surface area (Å²) in [6, 6.07) is 17.5. The third kappa shape index (κ3) is 3.66. The van der Waals surface area contributed by atoms with Gasteiger partial charge in [-0.2, -0.15) is 0 Å². The molecule has 3 rings (SSSR count). The fourth-order valence-corrected chi connectivity index (χ4v) is 2.44. The van der Waals surface area contributed by atoms with Crippen LogP contribution in [-0.2, 0) is 14.3 Å². The maximum absolute atomic E-state index is 12.5. The van der Waals surface area contributed by atoms with E-state index < -0.39 is 11.2 Å². The van der Waals surface area contributed by atoms with Crippen LogP contribution >= 0.6 is 0 Å². The van der Waals surface area contributed by atoms with Crippen LogP contribution in [0, 0.1) is 5.41 Å². The van der Waals surface area contributed by atoms with E-state index in [4.69, 9.17) is 14.2 Å². The molecule has 1 aliphatic heterocycles. The summed E-state index contributed by atoms with van der Waals surface area (Å²) in [7, 11) is 0. The highest BCUT2D eigenvalue weighted by Crippen LogP contribution is 2.31. The van der Waals surface area contributed by atoms with Crippen LogP contribution in [0.3, 0.4) is 0 Å². The lowest BCUT2D eigenvalue weighted by Crippen LogP contribution is -2.50. The zero-order valence-corrected chi connectivity index (χ0v) is 14.2. The molecule has 0 unspecified atom stereocenters. The van der Waals surface area contributed by atoms with Gasteiger partial charge in [0.1, 0.15) is 11.2 Å². The molecule has 0 bridgehead atoms. The second-order valence-electron chi connectivity index (χ2n) is 6.82. The highest BCUT2D eigenvalue weighted by molar-refractivity contribution is 5.79. The topological polar surface area (TPSA) is 44.8 Å². The van der Waals surface area contributed by atoms with Crippen molar-refractivity contribution in [2.24, 2.45) is 5.41 Å². The average molecular weight is 326 g/mol. The van der Waals surface area contributed by atoms with Gasteiger partial charge in [0, 0.05) is 0 Å². The second-order valence-corrected chi connectivity index (χ2v) is 6.82. The van der Waals surface area contributed by atoms with E-state index in [2.05, 4.69) is 0 Å². The Morgan fingerprint density at radius 2 is 1.42 bits per heavy atom. The lowest BCUT2D eigenvalue weighted by molar-refractivity contribution is -0.279. The maximum atomic E-state index is 12.5. The summed E-state index contributed by atoms with van der Waals surface area (Å²) < 4.78 is 16.7. The first-order valence-corrected chi connectivity index (χ1v) is 8.04. The Hall–Kier alpha value is -2.17. The van der Waals surface area contributed by atoms with Crippen molar-refractivity contribution in [3.63, 3.8) is 0 Å². The number of carbonyl (C=O) groups is 1. The van der Waals surface area contributed by atoms with Gasteiger partial charge in [0.05, 0.1) is 13.2 Å². The van der Waals surface area contributed by atoms with Gasteiger partial charge < -0.3 is 14.2 Å². The molecule has 1 heterocycles. The molecular formula is C20H22O4. The predicted octanol–water partition coefficient (Wildman–Crippen LogP) is 4.05. The van der Waals surface area contributed by atoms with Crippen LogP contribution in [0.5, 0.6) is 5.75 Å². The molecule has 2 aromatic rings. The Kier molecular flexibility index (Phi) is 4.43. The first kappa shape index (κ1) is 16.7. The molecule has 0 radical (unpaired) electrons. The number of ether oxygens (including phenoxy) is 3. The third-order valence-electron chi connectivity index (χ3n) is 4.14. The van der Waals surface area contributed by atoms with Crippen molar-refractivity contribution >= 4 is 5.97 Å². The average Bonchev–Trinajstić information content (AvgIpc) is 2.59. The van der Waals surface area contributed by atoms with Crippen molar-refractivity contribution in [2.45, 2.75) is 26.6 Å². The van der Waals surface area contributed by atoms with E-state index >= 15 is 0 Å². The van der Waals surface area contributed by atoms with Gasteiger partial charge in [0.15, 0.2) is 5.79 Å². The minimum Gasteiger partial charge on any atom is -0.426 e. The molecule has 2 aromatic carbocycles. The van der Waals surface area contributed by atoms with E-state index in [0.29, 0.717) is 5.75 Å². The summed E-state index contributed by atoms with van der Waals surface area (Å²) >= 11 is 0.